The highest BCUT2D eigenvalue weighted by molar-refractivity contribution is 6.30. The third kappa shape index (κ3) is 3.66. The number of carbonyl (C=O) groups is 1. The molecule has 2 aromatic rings. The van der Waals surface area contributed by atoms with Crippen LogP contribution >= 0.6 is 11.6 Å². The van der Waals surface area contributed by atoms with E-state index in [1.54, 1.807) is 25.4 Å². The van der Waals surface area contributed by atoms with E-state index in [0.717, 1.165) is 5.56 Å². The molecule has 0 aliphatic rings. The molecule has 2 aromatic heterocycles. The molecule has 0 aromatic carbocycles. The zero-order valence-corrected chi connectivity index (χ0v) is 11.0. The quantitative estimate of drug-likeness (QED) is 0.929. The van der Waals surface area contributed by atoms with E-state index in [9.17, 15) is 4.79 Å². The van der Waals surface area contributed by atoms with Gasteiger partial charge in [-0.05, 0) is 17.7 Å². The van der Waals surface area contributed by atoms with Crippen LogP contribution in [0.3, 0.4) is 0 Å². The number of pyridine rings is 2. The number of carbonyl (C=O) groups excluding carboxylic acids is 1. The van der Waals surface area contributed by atoms with Gasteiger partial charge in [0, 0.05) is 30.0 Å². The molecular weight excluding hydrogens is 266 g/mol. The highest BCUT2D eigenvalue weighted by Crippen LogP contribution is 2.09. The third-order valence-corrected chi connectivity index (χ3v) is 2.65. The molecule has 2 heterocycles. The first-order valence-corrected chi connectivity index (χ1v) is 5.95. The summed E-state index contributed by atoms with van der Waals surface area (Å²) in [6, 6.07) is 6.70. The predicted molar refractivity (Wildman–Crippen MR) is 71.2 cm³/mol. The van der Waals surface area contributed by atoms with Crippen LogP contribution in [0, 0.1) is 0 Å². The molecular formula is C13H12ClN3O2. The number of aromatic nitrogens is 2. The van der Waals surface area contributed by atoms with E-state index in [1.165, 1.54) is 12.3 Å². The number of rotatable bonds is 4. The van der Waals surface area contributed by atoms with Crippen molar-refractivity contribution in [2.24, 2.45) is 0 Å². The number of nitrogens with zero attached hydrogens (tertiary/aromatic N) is 2. The Morgan fingerprint density at radius 2 is 2.21 bits per heavy atom. The molecule has 0 aliphatic carbocycles. The van der Waals surface area contributed by atoms with E-state index in [2.05, 4.69) is 15.3 Å². The van der Waals surface area contributed by atoms with Gasteiger partial charge in [-0.25, -0.2) is 4.98 Å². The molecule has 0 fully saturated rings. The summed E-state index contributed by atoms with van der Waals surface area (Å²) in [6.07, 6.45) is 3.14. The van der Waals surface area contributed by atoms with Crippen molar-refractivity contribution in [2.45, 2.75) is 6.54 Å². The maximum absolute atomic E-state index is 11.8. The molecule has 98 valence electrons. The van der Waals surface area contributed by atoms with Gasteiger partial charge in [-0.1, -0.05) is 17.7 Å². The van der Waals surface area contributed by atoms with E-state index in [0.29, 0.717) is 17.4 Å². The summed E-state index contributed by atoms with van der Waals surface area (Å²) in [5.41, 5.74) is 1.16. The molecule has 0 saturated heterocycles. The van der Waals surface area contributed by atoms with Crippen LogP contribution in [0.5, 0.6) is 5.88 Å². The topological polar surface area (TPSA) is 64.1 Å². The van der Waals surface area contributed by atoms with Gasteiger partial charge < -0.3 is 10.1 Å². The van der Waals surface area contributed by atoms with E-state index in [1.807, 2.05) is 6.07 Å². The second-order valence-electron chi connectivity index (χ2n) is 3.75. The monoisotopic (exact) mass is 277 g/mol. The van der Waals surface area contributed by atoms with Crippen molar-refractivity contribution in [1.82, 2.24) is 15.3 Å². The average Bonchev–Trinajstić information content (AvgIpc) is 2.45. The van der Waals surface area contributed by atoms with E-state index in [-0.39, 0.29) is 11.6 Å². The van der Waals surface area contributed by atoms with Crippen LogP contribution < -0.4 is 10.1 Å². The second-order valence-corrected chi connectivity index (χ2v) is 4.19. The number of hydrogen-bond donors (Lipinski definition) is 1. The zero-order chi connectivity index (χ0) is 13.7. The number of amides is 1. The summed E-state index contributed by atoms with van der Waals surface area (Å²) in [7, 11) is 1.55. The van der Waals surface area contributed by atoms with Crippen molar-refractivity contribution in [1.29, 1.82) is 0 Å². The summed E-state index contributed by atoms with van der Waals surface area (Å²) in [5.74, 6) is 0.255. The predicted octanol–water partition coefficient (Wildman–Crippen LogP) is 2.07. The summed E-state index contributed by atoms with van der Waals surface area (Å²) in [5, 5.41) is 3.22. The summed E-state index contributed by atoms with van der Waals surface area (Å²) in [6.45, 7) is 0.365. The first kappa shape index (κ1) is 13.3. The number of methoxy groups -OCH3 is 1. The van der Waals surface area contributed by atoms with Gasteiger partial charge in [0.25, 0.3) is 5.91 Å². The lowest BCUT2D eigenvalue weighted by molar-refractivity contribution is 0.0946. The number of halogens is 1. The van der Waals surface area contributed by atoms with Gasteiger partial charge in [0.05, 0.1) is 7.11 Å². The van der Waals surface area contributed by atoms with Crippen LogP contribution in [0.2, 0.25) is 5.02 Å². The van der Waals surface area contributed by atoms with Crippen LogP contribution in [-0.4, -0.2) is 23.0 Å². The highest BCUT2D eigenvalue weighted by atomic mass is 35.5. The number of hydrogen-bond acceptors (Lipinski definition) is 4. The van der Waals surface area contributed by atoms with Crippen LogP contribution in [0.15, 0.2) is 36.7 Å². The van der Waals surface area contributed by atoms with Gasteiger partial charge in [0.1, 0.15) is 5.69 Å². The maximum Gasteiger partial charge on any atom is 0.270 e. The van der Waals surface area contributed by atoms with Crippen molar-refractivity contribution in [3.63, 3.8) is 0 Å². The molecule has 0 unspecified atom stereocenters. The third-order valence-electron chi connectivity index (χ3n) is 2.41. The fourth-order valence-electron chi connectivity index (χ4n) is 1.44. The Kier molecular flexibility index (Phi) is 4.30. The number of nitrogens with one attached hydrogen (secondary N) is 1. The first-order chi connectivity index (χ1) is 9.19. The molecule has 1 amide bonds. The SMILES string of the molecule is COc1ccc(CNC(=O)c2cc(Cl)ccn2)cn1. The Hall–Kier alpha value is -2.14. The Labute approximate surface area is 115 Å². The van der Waals surface area contributed by atoms with Gasteiger partial charge in [0.2, 0.25) is 5.88 Å². The normalized spacial score (nSPS) is 10.0. The Morgan fingerprint density at radius 1 is 1.37 bits per heavy atom. The van der Waals surface area contributed by atoms with Crippen LogP contribution in [0.25, 0.3) is 0 Å². The maximum atomic E-state index is 11.8. The van der Waals surface area contributed by atoms with Crippen molar-refractivity contribution in [2.75, 3.05) is 7.11 Å². The van der Waals surface area contributed by atoms with Gasteiger partial charge in [0.15, 0.2) is 0 Å². The van der Waals surface area contributed by atoms with Gasteiger partial charge in [-0.3, -0.25) is 9.78 Å². The van der Waals surface area contributed by atoms with Crippen molar-refractivity contribution in [3.8, 4) is 5.88 Å². The fourth-order valence-corrected chi connectivity index (χ4v) is 1.60. The van der Waals surface area contributed by atoms with Crippen molar-refractivity contribution in [3.05, 3.63) is 52.9 Å². The van der Waals surface area contributed by atoms with E-state index >= 15 is 0 Å². The molecule has 0 atom stereocenters. The summed E-state index contributed by atoms with van der Waals surface area (Å²) in [4.78, 5) is 19.8. The largest absolute Gasteiger partial charge is 0.481 e. The van der Waals surface area contributed by atoms with Crippen LogP contribution in [-0.2, 0) is 6.54 Å². The molecule has 2 rings (SSSR count). The second kappa shape index (κ2) is 6.15. The smallest absolute Gasteiger partial charge is 0.270 e. The molecule has 0 aliphatic heterocycles. The molecule has 0 spiro atoms. The molecule has 1 N–H and O–H groups in total. The molecule has 0 radical (unpaired) electrons. The fraction of sp³-hybridized carbons (Fsp3) is 0.154. The molecule has 0 bridgehead atoms. The van der Waals surface area contributed by atoms with E-state index < -0.39 is 0 Å². The van der Waals surface area contributed by atoms with Crippen molar-refractivity contribution < 1.29 is 9.53 Å². The highest BCUT2D eigenvalue weighted by Gasteiger charge is 2.07. The molecule has 19 heavy (non-hydrogen) atoms. The lowest BCUT2D eigenvalue weighted by Crippen LogP contribution is -2.23. The van der Waals surface area contributed by atoms with Gasteiger partial charge >= 0.3 is 0 Å². The number of ether oxygens (including phenoxy) is 1. The Bertz CT molecular complexity index is 572. The van der Waals surface area contributed by atoms with Crippen LogP contribution in [0.4, 0.5) is 0 Å². The molecule has 5 nitrogen and oxygen atoms in total. The van der Waals surface area contributed by atoms with Gasteiger partial charge in [-0.2, -0.15) is 0 Å². The minimum Gasteiger partial charge on any atom is -0.481 e. The minimum atomic E-state index is -0.279. The zero-order valence-electron chi connectivity index (χ0n) is 10.3. The van der Waals surface area contributed by atoms with Crippen molar-refractivity contribution >= 4 is 17.5 Å². The van der Waals surface area contributed by atoms with E-state index in [4.69, 9.17) is 16.3 Å². The average molecular weight is 278 g/mol. The standard InChI is InChI=1S/C13H12ClN3O2/c1-19-12-3-2-9(7-16-12)8-17-13(18)11-6-10(14)4-5-15-11/h2-7H,8H2,1H3,(H,17,18). The van der Waals surface area contributed by atoms with Crippen LogP contribution in [0.1, 0.15) is 16.1 Å². The minimum absolute atomic E-state index is 0.279. The molecule has 0 saturated carbocycles. The molecule has 6 heteroatoms. The van der Waals surface area contributed by atoms with Gasteiger partial charge in [-0.15, -0.1) is 0 Å². The lowest BCUT2D eigenvalue weighted by Gasteiger charge is -2.05. The Morgan fingerprint density at radius 3 is 2.84 bits per heavy atom. The summed E-state index contributed by atoms with van der Waals surface area (Å²) < 4.78 is 4.95. The lowest BCUT2D eigenvalue weighted by atomic mass is 10.2. The Balaban J connectivity index is 1.96. The summed E-state index contributed by atoms with van der Waals surface area (Å²) >= 11 is 5.80. The first-order valence-electron chi connectivity index (χ1n) is 5.57.